The molecule has 1 N–H and O–H groups in total. The number of nitrogens with one attached hydrogen (secondary N) is 1. The molecule has 2 rings (SSSR count). The summed E-state index contributed by atoms with van der Waals surface area (Å²) in [6, 6.07) is 0.826. The molecule has 0 bridgehead atoms. The van der Waals surface area contributed by atoms with Gasteiger partial charge >= 0.3 is 0 Å². The molecular weight excluding hydrogens is 182 g/mol. The van der Waals surface area contributed by atoms with E-state index < -0.39 is 0 Å². The van der Waals surface area contributed by atoms with E-state index in [0.29, 0.717) is 0 Å². The molecule has 0 aromatic heterocycles. The average molecular weight is 209 g/mol. The van der Waals surface area contributed by atoms with E-state index >= 15 is 0 Å². The van der Waals surface area contributed by atoms with E-state index in [0.717, 1.165) is 23.8 Å². The van der Waals surface area contributed by atoms with Gasteiger partial charge in [0.1, 0.15) is 0 Å². The Hall–Kier alpha value is -0.0400. The van der Waals surface area contributed by atoms with Crippen molar-refractivity contribution in [2.75, 3.05) is 7.05 Å². The molecule has 4 unspecified atom stereocenters. The van der Waals surface area contributed by atoms with Crippen LogP contribution < -0.4 is 5.32 Å². The molecule has 2 saturated carbocycles. The number of fused-ring (bicyclic) bond motifs is 1. The quantitative estimate of drug-likeness (QED) is 0.749. The summed E-state index contributed by atoms with van der Waals surface area (Å²) in [5.74, 6) is 3.20. The molecule has 0 heterocycles. The monoisotopic (exact) mass is 209 g/mol. The first-order chi connectivity index (χ1) is 7.33. The highest BCUT2D eigenvalue weighted by Crippen LogP contribution is 2.43. The molecule has 88 valence electrons. The SMILES string of the molecule is CCCC1CCC2CCC(NC)CC2C1. The van der Waals surface area contributed by atoms with Crippen LogP contribution >= 0.6 is 0 Å². The summed E-state index contributed by atoms with van der Waals surface area (Å²) >= 11 is 0. The zero-order chi connectivity index (χ0) is 10.7. The van der Waals surface area contributed by atoms with Gasteiger partial charge in [-0.3, -0.25) is 0 Å². The van der Waals surface area contributed by atoms with Crippen LogP contribution in [-0.4, -0.2) is 13.1 Å². The third-order valence-electron chi connectivity index (χ3n) is 4.83. The summed E-state index contributed by atoms with van der Waals surface area (Å²) in [6.07, 6.45) is 11.8. The molecule has 2 fully saturated rings. The predicted octanol–water partition coefficient (Wildman–Crippen LogP) is 3.59. The minimum absolute atomic E-state index is 0.826. The molecule has 4 atom stereocenters. The van der Waals surface area contributed by atoms with E-state index in [2.05, 4.69) is 19.3 Å². The summed E-state index contributed by atoms with van der Waals surface area (Å²) in [4.78, 5) is 0. The fraction of sp³-hybridized carbons (Fsp3) is 1.00. The van der Waals surface area contributed by atoms with E-state index in [1.165, 1.54) is 51.4 Å². The minimum Gasteiger partial charge on any atom is -0.317 e. The van der Waals surface area contributed by atoms with Gasteiger partial charge in [0.05, 0.1) is 0 Å². The molecule has 0 saturated heterocycles. The Balaban J connectivity index is 1.86. The smallest absolute Gasteiger partial charge is 0.00669 e. The van der Waals surface area contributed by atoms with Crippen LogP contribution in [0.3, 0.4) is 0 Å². The maximum atomic E-state index is 3.48. The summed E-state index contributed by atoms with van der Waals surface area (Å²) in [5, 5.41) is 3.48. The van der Waals surface area contributed by atoms with Crippen LogP contribution in [-0.2, 0) is 0 Å². The van der Waals surface area contributed by atoms with Crippen LogP contribution in [0.1, 0.15) is 58.3 Å². The van der Waals surface area contributed by atoms with Crippen LogP contribution in [0.5, 0.6) is 0 Å². The Labute approximate surface area is 95.0 Å². The zero-order valence-electron chi connectivity index (χ0n) is 10.5. The number of hydrogen-bond donors (Lipinski definition) is 1. The van der Waals surface area contributed by atoms with Crippen molar-refractivity contribution >= 4 is 0 Å². The molecule has 0 aliphatic heterocycles. The first-order valence-electron chi connectivity index (χ1n) is 7.00. The molecular formula is C14H27N. The molecule has 0 spiro atoms. The van der Waals surface area contributed by atoms with Gasteiger partial charge < -0.3 is 5.32 Å². The first kappa shape index (κ1) is 11.4. The second-order valence-corrected chi connectivity index (χ2v) is 5.79. The van der Waals surface area contributed by atoms with Crippen molar-refractivity contribution in [2.24, 2.45) is 17.8 Å². The maximum absolute atomic E-state index is 3.48. The zero-order valence-corrected chi connectivity index (χ0v) is 10.5. The van der Waals surface area contributed by atoms with E-state index in [4.69, 9.17) is 0 Å². The highest BCUT2D eigenvalue weighted by molar-refractivity contribution is 4.87. The lowest BCUT2D eigenvalue weighted by molar-refractivity contribution is 0.108. The predicted molar refractivity (Wildman–Crippen MR) is 65.9 cm³/mol. The van der Waals surface area contributed by atoms with Gasteiger partial charge in [-0.25, -0.2) is 0 Å². The van der Waals surface area contributed by atoms with Crippen LogP contribution in [0, 0.1) is 17.8 Å². The van der Waals surface area contributed by atoms with Crippen molar-refractivity contribution in [3.05, 3.63) is 0 Å². The Morgan fingerprint density at radius 3 is 2.53 bits per heavy atom. The Kier molecular flexibility index (Phi) is 4.07. The molecule has 1 nitrogen and oxygen atoms in total. The van der Waals surface area contributed by atoms with Gasteiger partial charge in [-0.15, -0.1) is 0 Å². The van der Waals surface area contributed by atoms with Gasteiger partial charge in [0.25, 0.3) is 0 Å². The lowest BCUT2D eigenvalue weighted by Crippen LogP contribution is -2.38. The van der Waals surface area contributed by atoms with E-state index in [1.54, 1.807) is 0 Å². The third-order valence-corrected chi connectivity index (χ3v) is 4.83. The molecule has 1 heteroatoms. The lowest BCUT2D eigenvalue weighted by Gasteiger charge is -2.42. The van der Waals surface area contributed by atoms with Gasteiger partial charge in [-0.2, -0.15) is 0 Å². The van der Waals surface area contributed by atoms with Gasteiger partial charge in [0.2, 0.25) is 0 Å². The van der Waals surface area contributed by atoms with Crippen molar-refractivity contribution in [3.63, 3.8) is 0 Å². The Morgan fingerprint density at radius 1 is 1.00 bits per heavy atom. The van der Waals surface area contributed by atoms with Crippen LogP contribution in [0.25, 0.3) is 0 Å². The van der Waals surface area contributed by atoms with Crippen LogP contribution in [0.4, 0.5) is 0 Å². The second kappa shape index (κ2) is 5.34. The van der Waals surface area contributed by atoms with Crippen molar-refractivity contribution in [1.82, 2.24) is 5.32 Å². The highest BCUT2D eigenvalue weighted by atomic mass is 14.9. The number of hydrogen-bond acceptors (Lipinski definition) is 1. The fourth-order valence-electron chi connectivity index (χ4n) is 3.92. The van der Waals surface area contributed by atoms with Crippen molar-refractivity contribution in [3.8, 4) is 0 Å². The molecule has 2 aliphatic carbocycles. The highest BCUT2D eigenvalue weighted by Gasteiger charge is 2.34. The molecule has 0 aromatic carbocycles. The Morgan fingerprint density at radius 2 is 1.80 bits per heavy atom. The molecule has 2 aliphatic rings. The largest absolute Gasteiger partial charge is 0.317 e. The second-order valence-electron chi connectivity index (χ2n) is 5.79. The van der Waals surface area contributed by atoms with Crippen LogP contribution in [0.15, 0.2) is 0 Å². The van der Waals surface area contributed by atoms with Gasteiger partial charge in [-0.1, -0.05) is 26.2 Å². The summed E-state index contributed by atoms with van der Waals surface area (Å²) in [6.45, 7) is 2.34. The van der Waals surface area contributed by atoms with Gasteiger partial charge in [0.15, 0.2) is 0 Å². The van der Waals surface area contributed by atoms with Gasteiger partial charge in [0, 0.05) is 6.04 Å². The van der Waals surface area contributed by atoms with E-state index in [1.807, 2.05) is 0 Å². The summed E-state index contributed by atoms with van der Waals surface area (Å²) in [7, 11) is 2.14. The minimum atomic E-state index is 0.826. The number of rotatable bonds is 3. The van der Waals surface area contributed by atoms with Crippen molar-refractivity contribution in [2.45, 2.75) is 64.3 Å². The Bertz CT molecular complexity index is 190. The molecule has 0 radical (unpaired) electrons. The summed E-state index contributed by atoms with van der Waals surface area (Å²) in [5.41, 5.74) is 0. The normalized spacial score (nSPS) is 41.2. The maximum Gasteiger partial charge on any atom is 0.00669 e. The third kappa shape index (κ3) is 2.75. The molecule has 0 aromatic rings. The van der Waals surface area contributed by atoms with Crippen molar-refractivity contribution in [1.29, 1.82) is 0 Å². The lowest BCUT2D eigenvalue weighted by atomic mass is 9.65. The van der Waals surface area contributed by atoms with Crippen LogP contribution in [0.2, 0.25) is 0 Å². The topological polar surface area (TPSA) is 12.0 Å². The van der Waals surface area contributed by atoms with Gasteiger partial charge in [-0.05, 0) is 56.9 Å². The molecule has 15 heavy (non-hydrogen) atoms. The standard InChI is InChI=1S/C14H27N/c1-3-4-11-5-6-12-7-8-14(15-2)10-13(12)9-11/h11-15H,3-10H2,1-2H3. The van der Waals surface area contributed by atoms with Crippen molar-refractivity contribution < 1.29 is 0 Å². The first-order valence-corrected chi connectivity index (χ1v) is 7.00. The fourth-order valence-corrected chi connectivity index (χ4v) is 3.92. The van der Waals surface area contributed by atoms with E-state index in [9.17, 15) is 0 Å². The summed E-state index contributed by atoms with van der Waals surface area (Å²) < 4.78 is 0. The molecule has 0 amide bonds. The van der Waals surface area contributed by atoms with E-state index in [-0.39, 0.29) is 0 Å². The average Bonchev–Trinajstić information content (AvgIpc) is 2.28.